The van der Waals surface area contributed by atoms with Gasteiger partial charge in [-0.15, -0.1) is 0 Å². The van der Waals surface area contributed by atoms with Gasteiger partial charge in [0.1, 0.15) is 5.75 Å². The number of fused-ring (bicyclic) bond motifs is 1. The fourth-order valence-corrected chi connectivity index (χ4v) is 4.11. The van der Waals surface area contributed by atoms with E-state index in [1.807, 2.05) is 49.4 Å². The molecule has 4 nitrogen and oxygen atoms in total. The van der Waals surface area contributed by atoms with Crippen molar-refractivity contribution in [2.75, 3.05) is 13.1 Å². The molecule has 2 unspecified atom stereocenters. The van der Waals surface area contributed by atoms with Crippen LogP contribution in [0.15, 0.2) is 48.5 Å². The van der Waals surface area contributed by atoms with E-state index >= 15 is 0 Å². The molecule has 4 atom stereocenters. The van der Waals surface area contributed by atoms with Gasteiger partial charge in [0.05, 0.1) is 0 Å². The molecule has 2 aromatic carbocycles. The maximum absolute atomic E-state index is 12.7. The summed E-state index contributed by atoms with van der Waals surface area (Å²) in [6, 6.07) is 15.9. The zero-order valence-electron chi connectivity index (χ0n) is 14.4. The van der Waals surface area contributed by atoms with Crippen LogP contribution in [0.1, 0.15) is 29.0 Å². The molecule has 0 aromatic heterocycles. The fourth-order valence-electron chi connectivity index (χ4n) is 4.11. The highest BCUT2D eigenvalue weighted by molar-refractivity contribution is 5.78. The molecule has 2 aliphatic rings. The third-order valence-electron chi connectivity index (χ3n) is 5.57. The van der Waals surface area contributed by atoms with Gasteiger partial charge in [0.15, 0.2) is 0 Å². The summed E-state index contributed by atoms with van der Waals surface area (Å²) < 4.78 is 0. The number of carbonyl (C=O) groups is 1. The predicted molar refractivity (Wildman–Crippen MR) is 97.5 cm³/mol. The average molecular weight is 336 g/mol. The van der Waals surface area contributed by atoms with E-state index in [9.17, 15) is 9.90 Å². The summed E-state index contributed by atoms with van der Waals surface area (Å²) in [4.78, 5) is 12.7. The first-order valence-electron chi connectivity index (χ1n) is 8.98. The summed E-state index contributed by atoms with van der Waals surface area (Å²) in [6.45, 7) is 4.02. The Kier molecular flexibility index (Phi) is 4.22. The van der Waals surface area contributed by atoms with Crippen LogP contribution in [-0.4, -0.2) is 30.1 Å². The molecule has 2 aromatic rings. The molecule has 1 amide bonds. The number of aromatic hydroxyl groups is 1. The topological polar surface area (TPSA) is 61.4 Å². The van der Waals surface area contributed by atoms with Gasteiger partial charge in [-0.2, -0.15) is 0 Å². The van der Waals surface area contributed by atoms with E-state index in [-0.39, 0.29) is 17.6 Å². The van der Waals surface area contributed by atoms with Crippen molar-refractivity contribution in [3.63, 3.8) is 0 Å². The Balaban J connectivity index is 1.55. The lowest BCUT2D eigenvalue weighted by molar-refractivity contribution is -0.121. The Hall–Kier alpha value is -2.33. The average Bonchev–Trinajstić information content (AvgIpc) is 3.04. The minimum Gasteiger partial charge on any atom is -0.508 e. The predicted octanol–water partition coefficient (Wildman–Crippen LogP) is 2.56. The molecule has 3 N–H and O–H groups in total. The number of aryl methyl sites for hydroxylation is 1. The van der Waals surface area contributed by atoms with E-state index in [0.29, 0.717) is 24.3 Å². The maximum Gasteiger partial charge on any atom is 0.221 e. The Morgan fingerprint density at radius 1 is 1.20 bits per heavy atom. The van der Waals surface area contributed by atoms with E-state index in [2.05, 4.69) is 10.6 Å². The smallest absolute Gasteiger partial charge is 0.221 e. The number of rotatable bonds is 5. The Morgan fingerprint density at radius 3 is 2.64 bits per heavy atom. The van der Waals surface area contributed by atoms with Crippen LogP contribution in [-0.2, 0) is 4.79 Å². The lowest BCUT2D eigenvalue weighted by atomic mass is 9.87. The van der Waals surface area contributed by atoms with Crippen molar-refractivity contribution < 1.29 is 9.90 Å². The van der Waals surface area contributed by atoms with Crippen LogP contribution < -0.4 is 10.6 Å². The molecule has 0 bridgehead atoms. The number of carbonyl (C=O) groups excluding carboxylic acids is 1. The number of phenols is 1. The Morgan fingerprint density at radius 2 is 1.92 bits per heavy atom. The molecule has 4 heteroatoms. The van der Waals surface area contributed by atoms with E-state index in [4.69, 9.17) is 0 Å². The van der Waals surface area contributed by atoms with Gasteiger partial charge in [-0.1, -0.05) is 48.0 Å². The van der Waals surface area contributed by atoms with Gasteiger partial charge in [-0.05, 0) is 30.4 Å². The highest BCUT2D eigenvalue weighted by Gasteiger charge is 2.53. The summed E-state index contributed by atoms with van der Waals surface area (Å²) >= 11 is 0. The van der Waals surface area contributed by atoms with Crippen molar-refractivity contribution in [2.24, 2.45) is 11.8 Å². The van der Waals surface area contributed by atoms with Crippen molar-refractivity contribution in [3.8, 4) is 5.75 Å². The van der Waals surface area contributed by atoms with Crippen LogP contribution in [0.2, 0.25) is 0 Å². The molecule has 0 radical (unpaired) electrons. The van der Waals surface area contributed by atoms with Crippen molar-refractivity contribution in [1.82, 2.24) is 10.6 Å². The van der Waals surface area contributed by atoms with Gasteiger partial charge in [-0.25, -0.2) is 0 Å². The molecule has 2 fully saturated rings. The van der Waals surface area contributed by atoms with Gasteiger partial charge in [0, 0.05) is 37.0 Å². The number of piperidine rings is 1. The minimum atomic E-state index is -0.141. The van der Waals surface area contributed by atoms with Crippen molar-refractivity contribution in [1.29, 1.82) is 0 Å². The Labute approximate surface area is 148 Å². The van der Waals surface area contributed by atoms with Crippen LogP contribution in [0, 0.1) is 18.8 Å². The number of amides is 1. The molecule has 1 aliphatic carbocycles. The number of nitrogens with one attached hydrogen (secondary N) is 2. The van der Waals surface area contributed by atoms with E-state index in [0.717, 1.165) is 29.8 Å². The number of hydrogen-bond donors (Lipinski definition) is 3. The zero-order valence-corrected chi connectivity index (χ0v) is 14.4. The molecular weight excluding hydrogens is 312 g/mol. The van der Waals surface area contributed by atoms with Crippen LogP contribution in [0.25, 0.3) is 0 Å². The first-order chi connectivity index (χ1) is 12.1. The van der Waals surface area contributed by atoms with Crippen LogP contribution in [0.3, 0.4) is 0 Å². The summed E-state index contributed by atoms with van der Waals surface area (Å²) in [7, 11) is 0. The van der Waals surface area contributed by atoms with E-state index in [1.54, 1.807) is 6.07 Å². The van der Waals surface area contributed by atoms with Gasteiger partial charge < -0.3 is 15.7 Å². The first kappa shape index (κ1) is 16.2. The highest BCUT2D eigenvalue weighted by atomic mass is 16.3. The number of phenolic OH excluding ortho intramolecular Hbond substituents is 1. The molecule has 1 saturated carbocycles. The largest absolute Gasteiger partial charge is 0.508 e. The summed E-state index contributed by atoms with van der Waals surface area (Å²) in [5.74, 6) is 1.38. The monoisotopic (exact) mass is 336 g/mol. The molecule has 1 heterocycles. The molecular formula is C21H24N2O2. The van der Waals surface area contributed by atoms with Crippen molar-refractivity contribution >= 4 is 5.91 Å². The SMILES string of the molecule is Cc1ccc(O)c(C(CC(=O)NC2[C@H]3CNC[C@@H]23)c2ccccc2)c1. The fraction of sp³-hybridized carbons (Fsp3) is 0.381. The second-order valence-corrected chi connectivity index (χ2v) is 7.31. The maximum atomic E-state index is 12.7. The summed E-state index contributed by atoms with van der Waals surface area (Å²) in [6.07, 6.45) is 0.352. The third-order valence-corrected chi connectivity index (χ3v) is 5.57. The second kappa shape index (κ2) is 6.52. The second-order valence-electron chi connectivity index (χ2n) is 7.31. The van der Waals surface area contributed by atoms with E-state index in [1.165, 1.54) is 0 Å². The lowest BCUT2D eigenvalue weighted by Crippen LogP contribution is -2.33. The number of hydrogen-bond acceptors (Lipinski definition) is 3. The summed E-state index contributed by atoms with van der Waals surface area (Å²) in [5.41, 5.74) is 2.95. The first-order valence-corrected chi connectivity index (χ1v) is 8.98. The molecule has 0 spiro atoms. The van der Waals surface area contributed by atoms with Gasteiger partial charge in [0.2, 0.25) is 5.91 Å². The van der Waals surface area contributed by atoms with Crippen LogP contribution >= 0.6 is 0 Å². The molecule has 4 rings (SSSR count). The standard InChI is InChI=1S/C21H24N2O2/c1-13-7-8-19(24)16(9-13)15(14-5-3-2-4-6-14)10-20(25)23-21-17-11-22-12-18(17)21/h2-9,15,17-18,21-22,24H,10-12H2,1H3,(H,23,25)/t15?,17-,18+,21?. The normalized spacial score (nSPS) is 25.2. The molecule has 25 heavy (non-hydrogen) atoms. The third kappa shape index (κ3) is 3.27. The molecule has 1 aliphatic heterocycles. The lowest BCUT2D eigenvalue weighted by Gasteiger charge is -2.20. The Bertz CT molecular complexity index is 765. The van der Waals surface area contributed by atoms with Gasteiger partial charge >= 0.3 is 0 Å². The molecule has 130 valence electrons. The van der Waals surface area contributed by atoms with Crippen LogP contribution in [0.5, 0.6) is 5.75 Å². The zero-order chi connectivity index (χ0) is 17.4. The quantitative estimate of drug-likeness (QED) is 0.786. The minimum absolute atomic E-state index is 0.0640. The van der Waals surface area contributed by atoms with Gasteiger partial charge in [0.25, 0.3) is 0 Å². The van der Waals surface area contributed by atoms with E-state index < -0.39 is 0 Å². The van der Waals surface area contributed by atoms with Crippen molar-refractivity contribution in [3.05, 3.63) is 65.2 Å². The van der Waals surface area contributed by atoms with Crippen LogP contribution in [0.4, 0.5) is 0 Å². The van der Waals surface area contributed by atoms with Crippen molar-refractivity contribution in [2.45, 2.75) is 25.3 Å². The summed E-state index contributed by atoms with van der Waals surface area (Å²) in [5, 5.41) is 16.9. The van der Waals surface area contributed by atoms with Gasteiger partial charge in [-0.3, -0.25) is 4.79 Å². The number of benzene rings is 2. The highest BCUT2D eigenvalue weighted by Crippen LogP contribution is 2.42. The molecule has 1 saturated heterocycles.